The molecule has 0 amide bonds. The summed E-state index contributed by atoms with van der Waals surface area (Å²) < 4.78 is 10.7. The Balaban J connectivity index is 2.28. The van der Waals surface area contributed by atoms with Gasteiger partial charge in [0.2, 0.25) is 0 Å². The summed E-state index contributed by atoms with van der Waals surface area (Å²) in [6, 6.07) is 0. The van der Waals surface area contributed by atoms with E-state index < -0.39 is 5.60 Å². The second-order valence-corrected chi connectivity index (χ2v) is 5.73. The molecular weight excluding hydrogens is 220 g/mol. The first-order valence-corrected chi connectivity index (χ1v) is 5.86. The van der Waals surface area contributed by atoms with Gasteiger partial charge in [-0.3, -0.25) is 4.79 Å². The number of hydrogen-bond acceptors (Lipinski definition) is 4. The van der Waals surface area contributed by atoms with Gasteiger partial charge in [0.05, 0.1) is 0 Å². The molecule has 2 rings (SSSR count). The van der Waals surface area contributed by atoms with E-state index in [2.05, 4.69) is 13.8 Å². The van der Waals surface area contributed by atoms with E-state index in [1.54, 1.807) is 6.08 Å². The fourth-order valence-electron chi connectivity index (χ4n) is 3.14. The van der Waals surface area contributed by atoms with Gasteiger partial charge in [-0.25, -0.2) is 4.79 Å². The summed E-state index contributed by atoms with van der Waals surface area (Å²) in [5.74, 6) is -0.579. The molecule has 2 aliphatic rings. The predicted octanol–water partition coefficient (Wildman–Crippen LogP) is 1.98. The molecule has 1 aliphatic heterocycles. The van der Waals surface area contributed by atoms with E-state index in [0.717, 1.165) is 12.0 Å². The number of ether oxygens (including phenoxy) is 2. The first kappa shape index (κ1) is 12.1. The molecule has 0 aromatic carbocycles. The van der Waals surface area contributed by atoms with Crippen molar-refractivity contribution in [2.24, 2.45) is 5.41 Å². The van der Waals surface area contributed by atoms with Crippen LogP contribution in [-0.4, -0.2) is 23.6 Å². The van der Waals surface area contributed by atoms with E-state index in [1.807, 2.05) is 6.92 Å². The topological polar surface area (TPSA) is 52.6 Å². The van der Waals surface area contributed by atoms with E-state index >= 15 is 0 Å². The predicted molar refractivity (Wildman–Crippen MR) is 61.1 cm³/mol. The zero-order chi connectivity index (χ0) is 12.8. The lowest BCUT2D eigenvalue weighted by atomic mass is 9.65. The van der Waals surface area contributed by atoms with Crippen LogP contribution in [0.4, 0.5) is 0 Å². The smallest absolute Gasteiger partial charge is 0.331 e. The van der Waals surface area contributed by atoms with E-state index in [0.29, 0.717) is 6.42 Å². The summed E-state index contributed by atoms with van der Waals surface area (Å²) in [6.07, 6.45) is 2.68. The summed E-state index contributed by atoms with van der Waals surface area (Å²) >= 11 is 0. The lowest BCUT2D eigenvalue weighted by Gasteiger charge is -2.44. The minimum absolute atomic E-state index is 0.181. The van der Waals surface area contributed by atoms with Crippen molar-refractivity contribution in [2.45, 2.75) is 52.2 Å². The molecule has 1 heterocycles. The standard InChI is InChI=1S/C13H18O4/c1-8(14)16-9-6-12(2,3)10-5-11(15)17-13(10,4)7-9/h5,9H,6-7H2,1-4H3/t9-,13+/m1/s1. The van der Waals surface area contributed by atoms with Crippen molar-refractivity contribution in [1.29, 1.82) is 0 Å². The van der Waals surface area contributed by atoms with Crippen molar-refractivity contribution >= 4 is 11.9 Å². The van der Waals surface area contributed by atoms with Crippen molar-refractivity contribution in [3.8, 4) is 0 Å². The Labute approximate surface area is 101 Å². The Morgan fingerprint density at radius 1 is 1.41 bits per heavy atom. The summed E-state index contributed by atoms with van der Waals surface area (Å²) in [5.41, 5.74) is 0.219. The molecular formula is C13H18O4. The molecule has 94 valence electrons. The molecule has 0 saturated heterocycles. The van der Waals surface area contributed by atoms with Crippen LogP contribution in [0.1, 0.15) is 40.5 Å². The van der Waals surface area contributed by atoms with Gasteiger partial charge in [0.15, 0.2) is 0 Å². The van der Waals surface area contributed by atoms with E-state index in [4.69, 9.17) is 9.47 Å². The monoisotopic (exact) mass is 238 g/mol. The second-order valence-electron chi connectivity index (χ2n) is 5.73. The molecule has 0 N–H and O–H groups in total. The molecule has 0 aromatic heterocycles. The average molecular weight is 238 g/mol. The summed E-state index contributed by atoms with van der Waals surface area (Å²) in [4.78, 5) is 22.5. The lowest BCUT2D eigenvalue weighted by molar-refractivity contribution is -0.158. The Hall–Kier alpha value is -1.32. The van der Waals surface area contributed by atoms with Crippen molar-refractivity contribution in [2.75, 3.05) is 0 Å². The van der Waals surface area contributed by atoms with E-state index in [1.165, 1.54) is 6.92 Å². The van der Waals surface area contributed by atoms with Gasteiger partial charge in [0, 0.05) is 19.4 Å². The molecule has 17 heavy (non-hydrogen) atoms. The highest BCUT2D eigenvalue weighted by Crippen LogP contribution is 2.50. The summed E-state index contributed by atoms with van der Waals surface area (Å²) in [7, 11) is 0. The van der Waals surface area contributed by atoms with Crippen LogP contribution in [0.2, 0.25) is 0 Å². The third-order valence-electron chi connectivity index (χ3n) is 3.57. The van der Waals surface area contributed by atoms with Crippen LogP contribution >= 0.6 is 0 Å². The van der Waals surface area contributed by atoms with Crippen molar-refractivity contribution in [3.63, 3.8) is 0 Å². The Kier molecular flexibility index (Phi) is 2.56. The molecule has 2 atom stereocenters. The van der Waals surface area contributed by atoms with Crippen LogP contribution in [0.25, 0.3) is 0 Å². The third kappa shape index (κ3) is 2.08. The van der Waals surface area contributed by atoms with Crippen LogP contribution in [0.15, 0.2) is 11.6 Å². The van der Waals surface area contributed by atoms with Gasteiger partial charge in [-0.05, 0) is 24.3 Å². The molecule has 0 aromatic rings. The van der Waals surface area contributed by atoms with Gasteiger partial charge in [-0.2, -0.15) is 0 Å². The number of hydrogen-bond donors (Lipinski definition) is 0. The van der Waals surface area contributed by atoms with Gasteiger partial charge in [0.1, 0.15) is 11.7 Å². The number of esters is 2. The molecule has 0 radical (unpaired) electrons. The van der Waals surface area contributed by atoms with Crippen molar-refractivity contribution < 1.29 is 19.1 Å². The van der Waals surface area contributed by atoms with Gasteiger partial charge >= 0.3 is 11.9 Å². The molecule has 1 saturated carbocycles. The Morgan fingerprint density at radius 2 is 2.06 bits per heavy atom. The molecule has 0 spiro atoms. The SMILES string of the molecule is CC(=O)O[C@@H]1CC(C)(C)C2=CC(=O)O[C@@]2(C)C1. The minimum atomic E-state index is -0.612. The molecule has 4 nitrogen and oxygen atoms in total. The zero-order valence-corrected chi connectivity index (χ0v) is 10.7. The minimum Gasteiger partial charge on any atom is -0.462 e. The highest BCUT2D eigenvalue weighted by atomic mass is 16.6. The fraction of sp³-hybridized carbons (Fsp3) is 0.692. The van der Waals surface area contributed by atoms with Crippen LogP contribution in [0, 0.1) is 5.41 Å². The first-order valence-electron chi connectivity index (χ1n) is 5.86. The first-order chi connectivity index (χ1) is 7.73. The van der Waals surface area contributed by atoms with Crippen LogP contribution < -0.4 is 0 Å². The Bertz CT molecular complexity index is 408. The van der Waals surface area contributed by atoms with Gasteiger partial charge in [0.25, 0.3) is 0 Å². The molecule has 1 fully saturated rings. The molecule has 1 aliphatic carbocycles. The number of rotatable bonds is 1. The van der Waals surface area contributed by atoms with E-state index in [9.17, 15) is 9.59 Å². The summed E-state index contributed by atoms with van der Waals surface area (Å²) in [5, 5.41) is 0. The van der Waals surface area contributed by atoms with E-state index in [-0.39, 0.29) is 23.5 Å². The normalized spacial score (nSPS) is 34.7. The van der Waals surface area contributed by atoms with Crippen LogP contribution in [0.5, 0.6) is 0 Å². The van der Waals surface area contributed by atoms with Gasteiger partial charge in [-0.1, -0.05) is 13.8 Å². The van der Waals surface area contributed by atoms with Gasteiger partial charge < -0.3 is 9.47 Å². The highest BCUT2D eigenvalue weighted by molar-refractivity contribution is 5.87. The maximum atomic E-state index is 11.4. The number of fused-ring (bicyclic) bond motifs is 1. The maximum absolute atomic E-state index is 11.4. The van der Waals surface area contributed by atoms with Crippen LogP contribution in [0.3, 0.4) is 0 Å². The molecule has 4 heteroatoms. The lowest BCUT2D eigenvalue weighted by Crippen LogP contribution is -2.46. The van der Waals surface area contributed by atoms with Gasteiger partial charge in [-0.15, -0.1) is 0 Å². The number of carbonyl (C=O) groups is 2. The highest BCUT2D eigenvalue weighted by Gasteiger charge is 2.52. The molecule has 0 bridgehead atoms. The van der Waals surface area contributed by atoms with Crippen molar-refractivity contribution in [1.82, 2.24) is 0 Å². The zero-order valence-electron chi connectivity index (χ0n) is 10.7. The Morgan fingerprint density at radius 3 is 2.65 bits per heavy atom. The number of carbonyl (C=O) groups excluding carboxylic acids is 2. The average Bonchev–Trinajstić information content (AvgIpc) is 2.38. The maximum Gasteiger partial charge on any atom is 0.331 e. The molecule has 0 unspecified atom stereocenters. The third-order valence-corrected chi connectivity index (χ3v) is 3.57. The summed E-state index contributed by atoms with van der Waals surface area (Å²) in [6.45, 7) is 7.39. The van der Waals surface area contributed by atoms with Crippen molar-refractivity contribution in [3.05, 3.63) is 11.6 Å². The second kappa shape index (κ2) is 3.59. The quantitative estimate of drug-likeness (QED) is 0.655. The largest absolute Gasteiger partial charge is 0.462 e. The fourth-order valence-corrected chi connectivity index (χ4v) is 3.14. The van der Waals surface area contributed by atoms with Crippen LogP contribution in [-0.2, 0) is 19.1 Å².